The fraction of sp³-hybridized carbons (Fsp3) is 0.0833. The van der Waals surface area contributed by atoms with Crippen LogP contribution in [-0.4, -0.2) is 26.4 Å². The number of ether oxygens (including phenoxy) is 1. The van der Waals surface area contributed by atoms with E-state index in [1.54, 1.807) is 54.7 Å². The molecule has 0 aliphatic rings. The average molecular weight is 448 g/mol. The molecule has 0 aliphatic carbocycles. The zero-order valence-electron chi connectivity index (χ0n) is 17.5. The molecule has 0 spiro atoms. The van der Waals surface area contributed by atoms with E-state index >= 15 is 0 Å². The summed E-state index contributed by atoms with van der Waals surface area (Å²) in [5.74, 6) is 0.0236. The zero-order valence-corrected chi connectivity index (χ0v) is 18.3. The van der Waals surface area contributed by atoms with E-state index in [1.807, 2.05) is 19.1 Å². The summed E-state index contributed by atoms with van der Waals surface area (Å²) in [6, 6.07) is 20.2. The van der Waals surface area contributed by atoms with Crippen LogP contribution >= 0.6 is 0 Å². The third-order valence-electron chi connectivity index (χ3n) is 4.87. The van der Waals surface area contributed by atoms with E-state index in [9.17, 15) is 13.2 Å². The first-order valence-corrected chi connectivity index (χ1v) is 11.3. The van der Waals surface area contributed by atoms with Crippen molar-refractivity contribution in [3.8, 4) is 5.75 Å². The molecular formula is C24H21N3O4S. The molecule has 2 N–H and O–H groups in total. The number of sulfonamides is 1. The molecule has 0 bridgehead atoms. The van der Waals surface area contributed by atoms with Gasteiger partial charge in [-0.2, -0.15) is 0 Å². The molecule has 1 amide bonds. The van der Waals surface area contributed by atoms with Gasteiger partial charge in [-0.25, -0.2) is 8.42 Å². The van der Waals surface area contributed by atoms with Crippen molar-refractivity contribution in [2.45, 2.75) is 11.8 Å². The van der Waals surface area contributed by atoms with Gasteiger partial charge in [-0.05, 0) is 48.9 Å². The Balaban J connectivity index is 1.68. The number of nitrogens with one attached hydrogen (secondary N) is 2. The second-order valence-electron chi connectivity index (χ2n) is 7.15. The molecule has 162 valence electrons. The molecule has 0 radical (unpaired) electrons. The Morgan fingerprint density at radius 3 is 2.44 bits per heavy atom. The Morgan fingerprint density at radius 2 is 1.66 bits per heavy atom. The summed E-state index contributed by atoms with van der Waals surface area (Å²) in [5, 5.41) is 3.49. The number of fused-ring (bicyclic) bond motifs is 1. The second kappa shape index (κ2) is 8.68. The molecule has 0 saturated heterocycles. The average Bonchev–Trinajstić information content (AvgIpc) is 2.79. The second-order valence-corrected chi connectivity index (χ2v) is 8.80. The van der Waals surface area contributed by atoms with E-state index in [0.717, 1.165) is 10.9 Å². The van der Waals surface area contributed by atoms with E-state index in [0.29, 0.717) is 17.0 Å². The van der Waals surface area contributed by atoms with Gasteiger partial charge in [0.2, 0.25) is 0 Å². The third-order valence-corrected chi connectivity index (χ3v) is 6.27. The molecule has 4 aromatic rings. The number of anilines is 2. The monoisotopic (exact) mass is 447 g/mol. The lowest BCUT2D eigenvalue weighted by Gasteiger charge is -2.15. The van der Waals surface area contributed by atoms with Crippen molar-refractivity contribution in [1.29, 1.82) is 0 Å². The van der Waals surface area contributed by atoms with Crippen molar-refractivity contribution in [2.24, 2.45) is 0 Å². The van der Waals surface area contributed by atoms with Crippen LogP contribution in [0.4, 0.5) is 11.4 Å². The molecule has 3 aromatic carbocycles. The van der Waals surface area contributed by atoms with Crippen LogP contribution in [-0.2, 0) is 10.0 Å². The number of aromatic nitrogens is 1. The van der Waals surface area contributed by atoms with Crippen LogP contribution in [0.3, 0.4) is 0 Å². The van der Waals surface area contributed by atoms with E-state index in [4.69, 9.17) is 4.74 Å². The molecular weight excluding hydrogens is 426 g/mol. The number of amides is 1. The molecule has 0 saturated carbocycles. The molecule has 32 heavy (non-hydrogen) atoms. The third kappa shape index (κ3) is 4.26. The zero-order chi connectivity index (χ0) is 22.7. The first-order valence-electron chi connectivity index (χ1n) is 9.80. The summed E-state index contributed by atoms with van der Waals surface area (Å²) < 4.78 is 34.3. The minimum atomic E-state index is -4.01. The van der Waals surface area contributed by atoms with Gasteiger partial charge in [0.05, 0.1) is 29.6 Å². The number of carbonyl (C=O) groups is 1. The molecule has 1 heterocycles. The summed E-state index contributed by atoms with van der Waals surface area (Å²) in [5.41, 5.74) is 2.10. The van der Waals surface area contributed by atoms with Crippen LogP contribution in [0.5, 0.6) is 5.75 Å². The van der Waals surface area contributed by atoms with Crippen LogP contribution in [0.2, 0.25) is 0 Å². The molecule has 0 fully saturated rings. The number of hydrogen-bond acceptors (Lipinski definition) is 5. The van der Waals surface area contributed by atoms with Crippen LogP contribution in [0.25, 0.3) is 10.9 Å². The van der Waals surface area contributed by atoms with Gasteiger partial charge in [-0.3, -0.25) is 14.5 Å². The van der Waals surface area contributed by atoms with Crippen molar-refractivity contribution < 1.29 is 17.9 Å². The Hall–Kier alpha value is -3.91. The molecule has 4 rings (SSSR count). The van der Waals surface area contributed by atoms with Gasteiger partial charge in [0.25, 0.3) is 15.9 Å². The van der Waals surface area contributed by atoms with Gasteiger partial charge in [0.1, 0.15) is 10.6 Å². The number of nitrogens with zero attached hydrogens (tertiary/aromatic N) is 1. The molecule has 0 unspecified atom stereocenters. The SMILES string of the molecule is COc1ccccc1NC(=O)c1ccccc1NS(=O)(=O)c1cccc2cc(C)cnc12. The molecule has 8 heteroatoms. The number of carbonyl (C=O) groups excluding carboxylic acids is 1. The highest BCUT2D eigenvalue weighted by atomic mass is 32.2. The van der Waals surface area contributed by atoms with Crippen molar-refractivity contribution >= 4 is 38.2 Å². The molecule has 1 aromatic heterocycles. The topological polar surface area (TPSA) is 97.4 Å². The largest absolute Gasteiger partial charge is 0.495 e. The molecule has 7 nitrogen and oxygen atoms in total. The quantitative estimate of drug-likeness (QED) is 0.450. The number of rotatable bonds is 6. The van der Waals surface area contributed by atoms with E-state index < -0.39 is 15.9 Å². The van der Waals surface area contributed by atoms with Gasteiger partial charge in [0.15, 0.2) is 0 Å². The molecule has 0 atom stereocenters. The number of para-hydroxylation sites is 4. The fourth-order valence-corrected chi connectivity index (χ4v) is 4.63. The lowest BCUT2D eigenvalue weighted by atomic mass is 10.1. The van der Waals surface area contributed by atoms with Gasteiger partial charge < -0.3 is 10.1 Å². The van der Waals surface area contributed by atoms with Gasteiger partial charge in [-0.15, -0.1) is 0 Å². The van der Waals surface area contributed by atoms with Crippen LogP contribution in [0.15, 0.2) is 83.9 Å². The minimum Gasteiger partial charge on any atom is -0.495 e. The van der Waals surface area contributed by atoms with Crippen LogP contribution in [0, 0.1) is 6.92 Å². The summed E-state index contributed by atoms with van der Waals surface area (Å²) in [6.45, 7) is 1.89. The van der Waals surface area contributed by atoms with Crippen molar-refractivity contribution in [1.82, 2.24) is 4.98 Å². The van der Waals surface area contributed by atoms with Crippen molar-refractivity contribution in [3.05, 3.63) is 90.1 Å². The van der Waals surface area contributed by atoms with Crippen molar-refractivity contribution in [3.63, 3.8) is 0 Å². The Kier molecular flexibility index (Phi) is 5.79. The lowest BCUT2D eigenvalue weighted by molar-refractivity contribution is 0.102. The fourth-order valence-electron chi connectivity index (χ4n) is 3.37. The number of hydrogen-bond donors (Lipinski definition) is 2. The predicted octanol–water partition coefficient (Wildman–Crippen LogP) is 4.60. The first kappa shape index (κ1) is 21.3. The first-order chi connectivity index (χ1) is 15.4. The normalized spacial score (nSPS) is 11.2. The van der Waals surface area contributed by atoms with Gasteiger partial charge >= 0.3 is 0 Å². The highest BCUT2D eigenvalue weighted by Gasteiger charge is 2.22. The van der Waals surface area contributed by atoms with Gasteiger partial charge in [-0.1, -0.05) is 36.4 Å². The summed E-state index contributed by atoms with van der Waals surface area (Å²) in [6.07, 6.45) is 1.62. The number of aryl methyl sites for hydroxylation is 1. The maximum Gasteiger partial charge on any atom is 0.264 e. The molecule has 0 aliphatic heterocycles. The minimum absolute atomic E-state index is 0.0370. The predicted molar refractivity (Wildman–Crippen MR) is 125 cm³/mol. The number of methoxy groups -OCH3 is 1. The van der Waals surface area contributed by atoms with Crippen molar-refractivity contribution in [2.75, 3.05) is 17.1 Å². The summed E-state index contributed by atoms with van der Waals surface area (Å²) in [7, 11) is -2.50. The lowest BCUT2D eigenvalue weighted by Crippen LogP contribution is -2.19. The Labute approximate surface area is 186 Å². The summed E-state index contributed by atoms with van der Waals surface area (Å²) in [4.78, 5) is 17.3. The highest BCUT2D eigenvalue weighted by Crippen LogP contribution is 2.28. The van der Waals surface area contributed by atoms with Crippen LogP contribution < -0.4 is 14.8 Å². The van der Waals surface area contributed by atoms with E-state index in [-0.39, 0.29) is 16.1 Å². The van der Waals surface area contributed by atoms with E-state index in [2.05, 4.69) is 15.0 Å². The smallest absolute Gasteiger partial charge is 0.264 e. The maximum absolute atomic E-state index is 13.2. The Morgan fingerprint density at radius 1 is 0.938 bits per heavy atom. The van der Waals surface area contributed by atoms with Gasteiger partial charge in [0, 0.05) is 11.6 Å². The van der Waals surface area contributed by atoms with E-state index in [1.165, 1.54) is 19.2 Å². The van der Waals surface area contributed by atoms with Crippen LogP contribution in [0.1, 0.15) is 15.9 Å². The number of pyridine rings is 1. The maximum atomic E-state index is 13.2. The Bertz CT molecular complexity index is 1420. The highest BCUT2D eigenvalue weighted by molar-refractivity contribution is 7.93. The number of benzene rings is 3. The standard InChI is InChI=1S/C24H21N3O4S/c1-16-14-17-8-7-13-22(23(17)25-15-16)32(29,30)27-19-10-4-3-9-18(19)24(28)26-20-11-5-6-12-21(20)31-2/h3-15,27H,1-2H3,(H,26,28). The summed E-state index contributed by atoms with van der Waals surface area (Å²) >= 11 is 0.